The first kappa shape index (κ1) is 22.3. The molecule has 0 aromatic carbocycles. The Morgan fingerprint density at radius 2 is 1.35 bits per heavy atom. The maximum atomic E-state index is 13.2. The number of unbranched alkanes of at least 4 members (excludes halogenated alkanes) is 12. The highest BCUT2D eigenvalue weighted by molar-refractivity contribution is 5.78. The maximum absolute atomic E-state index is 13.2. The molecule has 6 heteroatoms. The quantitative estimate of drug-likeness (QED) is 0.480. The molecule has 0 amide bonds. The van der Waals surface area contributed by atoms with Gasteiger partial charge in [-0.05, 0) is 6.42 Å². The number of nitrogens with zero attached hydrogens (tertiary/aromatic N) is 1. The van der Waals surface area contributed by atoms with Crippen LogP contribution >= 0.6 is 0 Å². The predicted octanol–water partition coefficient (Wildman–Crippen LogP) is 4.80. The van der Waals surface area contributed by atoms with Crippen molar-refractivity contribution in [3.05, 3.63) is 32.9 Å². The van der Waals surface area contributed by atoms with E-state index in [4.69, 9.17) is 0 Å². The third-order valence-electron chi connectivity index (χ3n) is 4.66. The van der Waals surface area contributed by atoms with Crippen LogP contribution in [0.4, 0.5) is 4.39 Å². The molecule has 0 bridgehead atoms. The number of carbonyl (C=O) groups excluding carboxylic acids is 1. The fraction of sp³-hybridized carbons (Fsp3) is 0.750. The lowest BCUT2D eigenvalue weighted by atomic mass is 10.0. The lowest BCUT2D eigenvalue weighted by Gasteiger charge is -2.04. The van der Waals surface area contributed by atoms with Crippen molar-refractivity contribution < 1.29 is 9.18 Å². The lowest BCUT2D eigenvalue weighted by Crippen LogP contribution is -2.34. The second-order valence-corrected chi connectivity index (χ2v) is 6.99. The molecule has 0 saturated heterocycles. The summed E-state index contributed by atoms with van der Waals surface area (Å²) in [5.74, 6) is -1.60. The van der Waals surface area contributed by atoms with Crippen LogP contribution in [0, 0.1) is 5.82 Å². The Morgan fingerprint density at radius 3 is 1.85 bits per heavy atom. The van der Waals surface area contributed by atoms with Crippen LogP contribution in [0.5, 0.6) is 0 Å². The number of aromatic amines is 1. The zero-order valence-corrected chi connectivity index (χ0v) is 16.0. The molecule has 0 aliphatic rings. The Labute approximate surface area is 155 Å². The topological polar surface area (TPSA) is 71.9 Å². The second-order valence-electron chi connectivity index (χ2n) is 6.99. The average molecular weight is 368 g/mol. The SMILES string of the molecule is CCCCCCCCCCCCCCCC(=O)n1cc(F)c(=O)[nH]c1=O. The molecular formula is C20H33FN2O3. The summed E-state index contributed by atoms with van der Waals surface area (Å²) < 4.78 is 13.8. The van der Waals surface area contributed by atoms with Crippen molar-refractivity contribution in [1.29, 1.82) is 0 Å². The molecule has 0 atom stereocenters. The van der Waals surface area contributed by atoms with E-state index in [1.165, 1.54) is 57.8 Å². The number of nitrogens with one attached hydrogen (secondary N) is 1. The van der Waals surface area contributed by atoms with E-state index in [1.807, 2.05) is 0 Å². The van der Waals surface area contributed by atoms with Gasteiger partial charge < -0.3 is 0 Å². The van der Waals surface area contributed by atoms with Gasteiger partial charge in [-0.2, -0.15) is 4.39 Å². The molecule has 26 heavy (non-hydrogen) atoms. The number of carbonyl (C=O) groups is 1. The number of hydrogen-bond acceptors (Lipinski definition) is 3. The summed E-state index contributed by atoms with van der Waals surface area (Å²) in [6.07, 6.45) is 16.6. The van der Waals surface area contributed by atoms with E-state index in [0.29, 0.717) is 17.2 Å². The summed E-state index contributed by atoms with van der Waals surface area (Å²) in [4.78, 5) is 36.1. The first-order valence-electron chi connectivity index (χ1n) is 10.1. The van der Waals surface area contributed by atoms with Crippen molar-refractivity contribution in [1.82, 2.24) is 9.55 Å². The second kappa shape index (κ2) is 13.5. The van der Waals surface area contributed by atoms with Crippen LogP contribution in [-0.2, 0) is 0 Å². The van der Waals surface area contributed by atoms with E-state index < -0.39 is 23.0 Å². The summed E-state index contributed by atoms with van der Waals surface area (Å²) in [6, 6.07) is 0. The van der Waals surface area contributed by atoms with Gasteiger partial charge in [-0.15, -0.1) is 0 Å². The van der Waals surface area contributed by atoms with Crippen molar-refractivity contribution in [2.45, 2.75) is 96.8 Å². The van der Waals surface area contributed by atoms with Crippen LogP contribution in [0.15, 0.2) is 15.8 Å². The first-order chi connectivity index (χ1) is 12.6. The number of H-pyrrole nitrogens is 1. The highest BCUT2D eigenvalue weighted by Gasteiger charge is 2.10. The molecule has 1 aromatic heterocycles. The summed E-state index contributed by atoms with van der Waals surface area (Å²) >= 11 is 0. The van der Waals surface area contributed by atoms with Crippen LogP contribution in [-0.4, -0.2) is 15.5 Å². The van der Waals surface area contributed by atoms with Crippen molar-refractivity contribution in [2.75, 3.05) is 0 Å². The Kier molecular flexibility index (Phi) is 11.6. The summed E-state index contributed by atoms with van der Waals surface area (Å²) in [5.41, 5.74) is -1.98. The number of halogens is 1. The molecule has 0 spiro atoms. The molecule has 1 rings (SSSR count). The summed E-state index contributed by atoms with van der Waals surface area (Å²) in [6.45, 7) is 2.24. The minimum Gasteiger partial charge on any atom is -0.274 e. The molecule has 1 aromatic rings. The minimum absolute atomic E-state index is 0.184. The van der Waals surface area contributed by atoms with Gasteiger partial charge in [-0.1, -0.05) is 84.0 Å². The zero-order valence-electron chi connectivity index (χ0n) is 16.0. The molecule has 0 saturated carbocycles. The monoisotopic (exact) mass is 368 g/mol. The van der Waals surface area contributed by atoms with E-state index >= 15 is 0 Å². The Balaban J connectivity index is 2.02. The third-order valence-corrected chi connectivity index (χ3v) is 4.66. The third kappa shape index (κ3) is 9.11. The standard InChI is InChI=1S/C20H33FN2O3/c1-2-3-4-5-6-7-8-9-10-11-12-13-14-15-18(24)23-16-17(21)19(25)22-20(23)26/h16H,2-15H2,1H3,(H,22,25,26). The molecule has 0 aliphatic carbocycles. The van der Waals surface area contributed by atoms with Gasteiger partial charge >= 0.3 is 5.69 Å². The Hall–Kier alpha value is -1.72. The van der Waals surface area contributed by atoms with E-state index in [-0.39, 0.29) is 6.42 Å². The van der Waals surface area contributed by atoms with Crippen LogP contribution in [0.3, 0.4) is 0 Å². The maximum Gasteiger partial charge on any atom is 0.335 e. The van der Waals surface area contributed by atoms with Crippen molar-refractivity contribution in [2.24, 2.45) is 0 Å². The van der Waals surface area contributed by atoms with Crippen molar-refractivity contribution >= 4 is 5.91 Å². The largest absolute Gasteiger partial charge is 0.335 e. The van der Waals surface area contributed by atoms with Gasteiger partial charge in [0.15, 0.2) is 0 Å². The summed E-state index contributed by atoms with van der Waals surface area (Å²) in [7, 11) is 0. The van der Waals surface area contributed by atoms with Gasteiger partial charge in [0, 0.05) is 6.42 Å². The zero-order chi connectivity index (χ0) is 19.2. The molecule has 148 valence electrons. The summed E-state index contributed by atoms with van der Waals surface area (Å²) in [5, 5.41) is 0. The lowest BCUT2D eigenvalue weighted by molar-refractivity contribution is 0.0891. The number of rotatable bonds is 14. The molecular weight excluding hydrogens is 335 g/mol. The normalized spacial score (nSPS) is 11.0. The van der Waals surface area contributed by atoms with Gasteiger partial charge in [0.1, 0.15) is 0 Å². The smallest absolute Gasteiger partial charge is 0.274 e. The molecule has 1 heterocycles. The highest BCUT2D eigenvalue weighted by atomic mass is 19.1. The Bertz CT molecular complexity index is 637. The Morgan fingerprint density at radius 1 is 0.885 bits per heavy atom. The van der Waals surface area contributed by atoms with E-state index in [2.05, 4.69) is 6.92 Å². The van der Waals surface area contributed by atoms with Crippen LogP contribution in [0.25, 0.3) is 0 Å². The van der Waals surface area contributed by atoms with Crippen molar-refractivity contribution in [3.63, 3.8) is 0 Å². The average Bonchev–Trinajstić information content (AvgIpc) is 2.62. The number of hydrogen-bond donors (Lipinski definition) is 1. The van der Waals surface area contributed by atoms with E-state index in [9.17, 15) is 18.8 Å². The van der Waals surface area contributed by atoms with Crippen LogP contribution in [0.1, 0.15) is 102 Å². The molecule has 0 radical (unpaired) electrons. The van der Waals surface area contributed by atoms with Gasteiger partial charge in [0.05, 0.1) is 6.20 Å². The highest BCUT2D eigenvalue weighted by Crippen LogP contribution is 2.13. The van der Waals surface area contributed by atoms with Crippen molar-refractivity contribution in [3.8, 4) is 0 Å². The van der Waals surface area contributed by atoms with Gasteiger partial charge in [-0.3, -0.25) is 14.6 Å². The molecule has 5 nitrogen and oxygen atoms in total. The number of aromatic nitrogens is 2. The predicted molar refractivity (Wildman–Crippen MR) is 102 cm³/mol. The first-order valence-corrected chi connectivity index (χ1v) is 10.1. The molecule has 0 unspecified atom stereocenters. The molecule has 0 aliphatic heterocycles. The van der Waals surface area contributed by atoms with Gasteiger partial charge in [0.25, 0.3) is 5.56 Å². The van der Waals surface area contributed by atoms with E-state index in [1.54, 1.807) is 4.98 Å². The van der Waals surface area contributed by atoms with Gasteiger partial charge in [-0.25, -0.2) is 9.36 Å². The van der Waals surface area contributed by atoms with E-state index in [0.717, 1.165) is 19.3 Å². The minimum atomic E-state index is -1.12. The fourth-order valence-corrected chi connectivity index (χ4v) is 3.05. The molecule has 1 N–H and O–H groups in total. The van der Waals surface area contributed by atoms with Crippen LogP contribution in [0.2, 0.25) is 0 Å². The van der Waals surface area contributed by atoms with Gasteiger partial charge in [0.2, 0.25) is 11.7 Å². The van der Waals surface area contributed by atoms with Crippen LogP contribution < -0.4 is 11.2 Å². The fourth-order valence-electron chi connectivity index (χ4n) is 3.05. The molecule has 0 fully saturated rings.